The van der Waals surface area contributed by atoms with Crippen LogP contribution in [0.25, 0.3) is 0 Å². The van der Waals surface area contributed by atoms with Gasteiger partial charge in [-0.1, -0.05) is 82.9 Å². The molecule has 0 aliphatic carbocycles. The molecule has 0 spiro atoms. The Labute approximate surface area is 147 Å². The summed E-state index contributed by atoms with van der Waals surface area (Å²) in [5.74, 6) is 0. The minimum absolute atomic E-state index is 0.0656. The predicted molar refractivity (Wildman–Crippen MR) is 103 cm³/mol. The SMILES string of the molecule is CCCCCCCCCCCCNC(=O)N1CCc2ccccc21. The Hall–Kier alpha value is -1.51. The molecule has 1 aromatic carbocycles. The maximum atomic E-state index is 12.3. The molecule has 2 rings (SSSR count). The number of rotatable bonds is 11. The van der Waals surface area contributed by atoms with Crippen LogP contribution in [0.3, 0.4) is 0 Å². The molecule has 1 aliphatic rings. The van der Waals surface area contributed by atoms with E-state index >= 15 is 0 Å². The lowest BCUT2D eigenvalue weighted by atomic mass is 10.1. The van der Waals surface area contributed by atoms with Gasteiger partial charge in [0, 0.05) is 18.8 Å². The van der Waals surface area contributed by atoms with Crippen LogP contribution in [0.4, 0.5) is 10.5 Å². The van der Waals surface area contributed by atoms with Gasteiger partial charge < -0.3 is 5.32 Å². The largest absolute Gasteiger partial charge is 0.338 e. The summed E-state index contributed by atoms with van der Waals surface area (Å²) in [6.45, 7) is 3.87. The predicted octanol–water partition coefficient (Wildman–Crippen LogP) is 5.68. The number of hydrogen-bond acceptors (Lipinski definition) is 1. The standard InChI is InChI=1S/C21H34N2O/c1-2-3-4-5-6-7-8-9-10-13-17-22-21(24)23-18-16-19-14-11-12-15-20(19)23/h11-12,14-15H,2-10,13,16-18H2,1H3,(H,22,24). The number of anilines is 1. The lowest BCUT2D eigenvalue weighted by Crippen LogP contribution is -2.39. The fourth-order valence-electron chi connectivity index (χ4n) is 3.45. The minimum Gasteiger partial charge on any atom is -0.338 e. The number of carbonyl (C=O) groups is 1. The van der Waals surface area contributed by atoms with Gasteiger partial charge in [-0.15, -0.1) is 0 Å². The molecule has 0 aromatic heterocycles. The van der Waals surface area contributed by atoms with Crippen molar-refractivity contribution < 1.29 is 4.79 Å². The zero-order chi connectivity index (χ0) is 17.0. The van der Waals surface area contributed by atoms with Crippen molar-refractivity contribution in [2.45, 2.75) is 77.6 Å². The van der Waals surface area contributed by atoms with E-state index in [1.807, 2.05) is 23.1 Å². The second-order valence-corrected chi connectivity index (χ2v) is 6.94. The van der Waals surface area contributed by atoms with Crippen molar-refractivity contribution in [3.05, 3.63) is 29.8 Å². The lowest BCUT2D eigenvalue weighted by Gasteiger charge is -2.18. The van der Waals surface area contributed by atoms with Gasteiger partial charge in [-0.05, 0) is 24.5 Å². The van der Waals surface area contributed by atoms with Crippen molar-refractivity contribution in [3.8, 4) is 0 Å². The number of urea groups is 1. The van der Waals surface area contributed by atoms with Crippen molar-refractivity contribution in [1.29, 1.82) is 0 Å². The highest BCUT2D eigenvalue weighted by molar-refractivity contribution is 5.94. The average molecular weight is 331 g/mol. The summed E-state index contributed by atoms with van der Waals surface area (Å²) < 4.78 is 0. The molecule has 0 bridgehead atoms. The van der Waals surface area contributed by atoms with Gasteiger partial charge in [-0.25, -0.2) is 4.79 Å². The van der Waals surface area contributed by atoms with Crippen LogP contribution in [0.5, 0.6) is 0 Å². The molecular formula is C21H34N2O. The van der Waals surface area contributed by atoms with E-state index in [9.17, 15) is 4.79 Å². The molecule has 24 heavy (non-hydrogen) atoms. The Morgan fingerprint density at radius 1 is 0.958 bits per heavy atom. The van der Waals surface area contributed by atoms with Crippen LogP contribution in [-0.2, 0) is 6.42 Å². The van der Waals surface area contributed by atoms with Gasteiger partial charge in [0.25, 0.3) is 0 Å². The van der Waals surface area contributed by atoms with E-state index < -0.39 is 0 Å². The van der Waals surface area contributed by atoms with E-state index in [0.717, 1.165) is 31.6 Å². The van der Waals surface area contributed by atoms with Crippen LogP contribution in [0.1, 0.15) is 76.7 Å². The van der Waals surface area contributed by atoms with Crippen molar-refractivity contribution >= 4 is 11.7 Å². The van der Waals surface area contributed by atoms with Gasteiger partial charge in [0.05, 0.1) is 0 Å². The van der Waals surface area contributed by atoms with Gasteiger partial charge in [-0.3, -0.25) is 4.90 Å². The Morgan fingerprint density at radius 3 is 2.29 bits per heavy atom. The minimum atomic E-state index is 0.0656. The molecule has 3 nitrogen and oxygen atoms in total. The van der Waals surface area contributed by atoms with E-state index in [2.05, 4.69) is 18.3 Å². The molecule has 1 heterocycles. The summed E-state index contributed by atoms with van der Waals surface area (Å²) in [7, 11) is 0. The Bertz CT molecular complexity index is 486. The summed E-state index contributed by atoms with van der Waals surface area (Å²) >= 11 is 0. The molecule has 1 aliphatic heterocycles. The maximum absolute atomic E-state index is 12.3. The zero-order valence-electron chi connectivity index (χ0n) is 15.4. The zero-order valence-corrected chi connectivity index (χ0v) is 15.4. The van der Waals surface area contributed by atoms with E-state index in [0.29, 0.717) is 0 Å². The number of hydrogen-bond donors (Lipinski definition) is 1. The molecule has 0 saturated carbocycles. The normalized spacial score (nSPS) is 13.1. The molecule has 0 fully saturated rings. The molecule has 0 saturated heterocycles. The summed E-state index contributed by atoms with van der Waals surface area (Å²) in [6.07, 6.45) is 14.2. The van der Waals surface area contributed by atoms with E-state index in [4.69, 9.17) is 0 Å². The number of benzene rings is 1. The van der Waals surface area contributed by atoms with Crippen molar-refractivity contribution in [2.75, 3.05) is 18.0 Å². The Kier molecular flexibility index (Phi) is 8.72. The fourth-order valence-corrected chi connectivity index (χ4v) is 3.45. The number of nitrogens with zero attached hydrogens (tertiary/aromatic N) is 1. The summed E-state index contributed by atoms with van der Waals surface area (Å²) in [5.41, 5.74) is 2.37. The monoisotopic (exact) mass is 330 g/mol. The number of fused-ring (bicyclic) bond motifs is 1. The van der Waals surface area contributed by atoms with Crippen LogP contribution in [0, 0.1) is 0 Å². The third-order valence-corrected chi connectivity index (χ3v) is 4.94. The number of nitrogens with one attached hydrogen (secondary N) is 1. The molecule has 0 unspecified atom stereocenters. The van der Waals surface area contributed by atoms with Crippen LogP contribution >= 0.6 is 0 Å². The van der Waals surface area contributed by atoms with Gasteiger partial charge in [-0.2, -0.15) is 0 Å². The number of amides is 2. The van der Waals surface area contributed by atoms with Gasteiger partial charge in [0.1, 0.15) is 0 Å². The molecule has 3 heteroatoms. The molecule has 134 valence electrons. The Morgan fingerprint density at radius 2 is 1.58 bits per heavy atom. The smallest absolute Gasteiger partial charge is 0.321 e. The summed E-state index contributed by atoms with van der Waals surface area (Å²) in [6, 6.07) is 8.28. The van der Waals surface area contributed by atoms with E-state index in [1.54, 1.807) is 0 Å². The van der Waals surface area contributed by atoms with Crippen LogP contribution < -0.4 is 10.2 Å². The lowest BCUT2D eigenvalue weighted by molar-refractivity contribution is 0.246. The Balaban J connectivity index is 1.47. The first kappa shape index (κ1) is 18.8. The first-order chi connectivity index (χ1) is 11.8. The van der Waals surface area contributed by atoms with Crippen LogP contribution in [0.15, 0.2) is 24.3 Å². The third kappa shape index (κ3) is 6.18. The molecule has 0 radical (unpaired) electrons. The van der Waals surface area contributed by atoms with Gasteiger partial charge in [0.2, 0.25) is 0 Å². The van der Waals surface area contributed by atoms with Gasteiger partial charge in [0.15, 0.2) is 0 Å². The van der Waals surface area contributed by atoms with Crippen molar-refractivity contribution in [3.63, 3.8) is 0 Å². The molecular weight excluding hydrogens is 296 g/mol. The third-order valence-electron chi connectivity index (χ3n) is 4.94. The highest BCUT2D eigenvalue weighted by Gasteiger charge is 2.23. The number of unbranched alkanes of at least 4 members (excludes halogenated alkanes) is 9. The van der Waals surface area contributed by atoms with Crippen LogP contribution in [0.2, 0.25) is 0 Å². The van der Waals surface area contributed by atoms with Crippen LogP contribution in [-0.4, -0.2) is 19.1 Å². The number of para-hydroxylation sites is 1. The molecule has 0 atom stereocenters. The first-order valence-electron chi connectivity index (χ1n) is 9.96. The maximum Gasteiger partial charge on any atom is 0.321 e. The molecule has 1 aromatic rings. The van der Waals surface area contributed by atoms with Crippen molar-refractivity contribution in [2.24, 2.45) is 0 Å². The summed E-state index contributed by atoms with van der Waals surface area (Å²) in [5, 5.41) is 3.08. The second-order valence-electron chi connectivity index (χ2n) is 6.94. The molecule has 2 amide bonds. The fraction of sp³-hybridized carbons (Fsp3) is 0.667. The quantitative estimate of drug-likeness (QED) is 0.520. The second kappa shape index (κ2) is 11.1. The highest BCUT2D eigenvalue weighted by atomic mass is 16.2. The topological polar surface area (TPSA) is 32.3 Å². The van der Waals surface area contributed by atoms with E-state index in [-0.39, 0.29) is 6.03 Å². The molecule has 1 N–H and O–H groups in total. The highest BCUT2D eigenvalue weighted by Crippen LogP contribution is 2.27. The van der Waals surface area contributed by atoms with Gasteiger partial charge >= 0.3 is 6.03 Å². The van der Waals surface area contributed by atoms with Crippen molar-refractivity contribution in [1.82, 2.24) is 5.32 Å². The first-order valence-corrected chi connectivity index (χ1v) is 9.96. The number of carbonyl (C=O) groups excluding carboxylic acids is 1. The summed E-state index contributed by atoms with van der Waals surface area (Å²) in [4.78, 5) is 14.2. The average Bonchev–Trinajstić information content (AvgIpc) is 3.03. The van der Waals surface area contributed by atoms with E-state index in [1.165, 1.54) is 63.4 Å².